The number of hydrogen-bond acceptors (Lipinski definition) is 1. The van der Waals surface area contributed by atoms with Crippen molar-refractivity contribution in [3.8, 4) is 0 Å². The van der Waals surface area contributed by atoms with E-state index in [-0.39, 0.29) is 0 Å². The maximum absolute atomic E-state index is 4.97. The number of hydrogen-bond donors (Lipinski definition) is 0. The van der Waals surface area contributed by atoms with Crippen molar-refractivity contribution in [2.75, 3.05) is 20.6 Å². The first-order valence-corrected chi connectivity index (χ1v) is 10.7. The van der Waals surface area contributed by atoms with Crippen LogP contribution in [0.5, 0.6) is 0 Å². The maximum atomic E-state index is 4.97. The molecular weight excluding hydrogens is 276 g/mol. The van der Waals surface area contributed by atoms with Gasteiger partial charge in [0, 0.05) is 0 Å². The SMILES string of the molecule is CN(C)CC[C]1[CH][CH][CH][CH]1.[Cl][Ti+]([Cl])[Cl]. The van der Waals surface area contributed by atoms with Gasteiger partial charge < -0.3 is 4.90 Å². The Hall–Kier alpha value is 1.54. The van der Waals surface area contributed by atoms with Crippen molar-refractivity contribution in [3.05, 3.63) is 31.6 Å². The van der Waals surface area contributed by atoms with Gasteiger partial charge in [-0.2, -0.15) is 0 Å². The topological polar surface area (TPSA) is 3.24 Å². The Balaban J connectivity index is 0.000000364. The van der Waals surface area contributed by atoms with Gasteiger partial charge in [-0.3, -0.25) is 0 Å². The first-order valence-electron chi connectivity index (χ1n) is 4.21. The molecule has 0 aliphatic heterocycles. The summed E-state index contributed by atoms with van der Waals surface area (Å²) in [6.45, 7) is 1.14. The van der Waals surface area contributed by atoms with Crippen molar-refractivity contribution in [3.63, 3.8) is 0 Å². The first kappa shape index (κ1) is 15.5. The molecule has 0 amide bonds. The zero-order chi connectivity index (χ0) is 11.0. The Labute approximate surface area is 106 Å². The molecule has 1 rings (SSSR count). The summed E-state index contributed by atoms with van der Waals surface area (Å²) in [5.74, 6) is 1.44. The van der Waals surface area contributed by atoms with Crippen LogP contribution in [-0.4, -0.2) is 25.5 Å². The van der Waals surface area contributed by atoms with Crippen LogP contribution in [0.2, 0.25) is 0 Å². The number of nitrogens with zero attached hydrogens (tertiary/aromatic N) is 1. The molecule has 0 aromatic heterocycles. The first-order chi connectivity index (χ1) is 6.52. The molecular formula is C9H14Cl3NTi+. The normalized spacial score (nSPS) is 16.7. The molecule has 1 fully saturated rings. The van der Waals surface area contributed by atoms with Gasteiger partial charge in [-0.25, -0.2) is 0 Å². The van der Waals surface area contributed by atoms with Crippen LogP contribution < -0.4 is 0 Å². The number of rotatable bonds is 3. The second kappa shape index (κ2) is 9.75. The Kier molecular flexibility index (Phi) is 10.8. The Bertz CT molecular complexity index is 124. The molecule has 0 spiro atoms. The van der Waals surface area contributed by atoms with Crippen LogP contribution in [0, 0.1) is 31.6 Å². The van der Waals surface area contributed by atoms with Crippen molar-refractivity contribution < 1.29 is 14.7 Å². The van der Waals surface area contributed by atoms with Crippen LogP contribution in [0.1, 0.15) is 6.42 Å². The summed E-state index contributed by atoms with van der Waals surface area (Å²) in [5.41, 5.74) is 0. The molecule has 0 aromatic rings. The second-order valence-corrected chi connectivity index (χ2v) is 10.8. The van der Waals surface area contributed by atoms with Gasteiger partial charge in [0.25, 0.3) is 0 Å². The van der Waals surface area contributed by atoms with E-state index in [1.165, 1.54) is 12.3 Å². The van der Waals surface area contributed by atoms with Crippen LogP contribution >= 0.6 is 27.9 Å². The summed E-state index contributed by atoms with van der Waals surface area (Å²) in [6.07, 6.45) is 9.68. The average Bonchev–Trinajstić information content (AvgIpc) is 2.51. The monoisotopic (exact) mass is 289 g/mol. The summed E-state index contributed by atoms with van der Waals surface area (Å²) in [4.78, 5) is 2.20. The minimum absolute atomic E-state index is 1.14. The molecule has 0 heterocycles. The molecule has 79 valence electrons. The van der Waals surface area contributed by atoms with E-state index < -0.39 is 14.7 Å². The van der Waals surface area contributed by atoms with Crippen LogP contribution in [0.25, 0.3) is 0 Å². The van der Waals surface area contributed by atoms with Crippen molar-refractivity contribution in [2.45, 2.75) is 6.42 Å². The summed E-state index contributed by atoms with van der Waals surface area (Å²) in [7, 11) is 19.1. The molecule has 5 heteroatoms. The summed E-state index contributed by atoms with van der Waals surface area (Å²) in [6, 6.07) is 0. The van der Waals surface area contributed by atoms with Crippen LogP contribution in [-0.2, 0) is 14.7 Å². The summed E-state index contributed by atoms with van der Waals surface area (Å²) >= 11 is -1.92. The molecule has 0 aromatic carbocycles. The van der Waals surface area contributed by atoms with Crippen molar-refractivity contribution in [1.82, 2.24) is 4.90 Å². The van der Waals surface area contributed by atoms with Crippen LogP contribution in [0.15, 0.2) is 0 Å². The fourth-order valence-electron chi connectivity index (χ4n) is 0.933. The van der Waals surface area contributed by atoms with Crippen molar-refractivity contribution in [1.29, 1.82) is 0 Å². The molecule has 1 aliphatic rings. The molecule has 1 nitrogen and oxygen atoms in total. The predicted molar refractivity (Wildman–Crippen MR) is 61.2 cm³/mol. The molecule has 0 N–H and O–H groups in total. The van der Waals surface area contributed by atoms with Gasteiger partial charge in [0.05, 0.1) is 0 Å². The third-order valence-electron chi connectivity index (χ3n) is 1.58. The van der Waals surface area contributed by atoms with Gasteiger partial charge >= 0.3 is 42.6 Å². The van der Waals surface area contributed by atoms with Crippen molar-refractivity contribution >= 4 is 27.9 Å². The third kappa shape index (κ3) is 11.6. The van der Waals surface area contributed by atoms with Gasteiger partial charge in [0.15, 0.2) is 0 Å². The molecule has 14 heavy (non-hydrogen) atoms. The number of halogens is 3. The quantitative estimate of drug-likeness (QED) is 0.720. The third-order valence-corrected chi connectivity index (χ3v) is 1.58. The predicted octanol–water partition coefficient (Wildman–Crippen LogP) is 3.41. The summed E-state index contributed by atoms with van der Waals surface area (Å²) < 4.78 is 0. The second-order valence-electron chi connectivity index (χ2n) is 3.06. The molecule has 1 saturated carbocycles. The zero-order valence-corrected chi connectivity index (χ0v) is 12.1. The van der Waals surface area contributed by atoms with Crippen molar-refractivity contribution in [2.24, 2.45) is 0 Å². The Morgan fingerprint density at radius 1 is 1.14 bits per heavy atom. The van der Waals surface area contributed by atoms with Crippen LogP contribution in [0.4, 0.5) is 0 Å². The van der Waals surface area contributed by atoms with E-state index in [9.17, 15) is 0 Å². The average molecular weight is 290 g/mol. The fourth-order valence-corrected chi connectivity index (χ4v) is 0.933. The fraction of sp³-hybridized carbons (Fsp3) is 0.444. The zero-order valence-electron chi connectivity index (χ0n) is 8.30. The Morgan fingerprint density at radius 3 is 1.93 bits per heavy atom. The van der Waals surface area contributed by atoms with Gasteiger partial charge in [-0.1, -0.05) is 0 Å². The molecule has 0 unspecified atom stereocenters. The molecule has 0 saturated heterocycles. The van der Waals surface area contributed by atoms with E-state index in [0.29, 0.717) is 0 Å². The van der Waals surface area contributed by atoms with E-state index in [2.05, 4.69) is 44.7 Å². The van der Waals surface area contributed by atoms with Gasteiger partial charge in [-0.05, 0) is 58.7 Å². The minimum atomic E-state index is -1.92. The molecule has 1 aliphatic carbocycles. The van der Waals surface area contributed by atoms with Gasteiger partial charge in [0.1, 0.15) is 0 Å². The van der Waals surface area contributed by atoms with Crippen LogP contribution in [0.3, 0.4) is 0 Å². The van der Waals surface area contributed by atoms with E-state index >= 15 is 0 Å². The molecule has 0 bridgehead atoms. The Morgan fingerprint density at radius 2 is 1.57 bits per heavy atom. The van der Waals surface area contributed by atoms with E-state index in [4.69, 9.17) is 27.9 Å². The van der Waals surface area contributed by atoms with E-state index in [1.54, 1.807) is 0 Å². The standard InChI is InChI=1S/C9H14N.3ClH.Ti/c1-10(2)8-7-9-5-3-4-6-9;;;;/h3-6H,7-8H2,1-2H3;3*1H;/q;;;;+4/p-3. The van der Waals surface area contributed by atoms with E-state index in [0.717, 1.165) is 6.54 Å². The molecule has 0 atom stereocenters. The molecule has 5 radical (unpaired) electrons. The van der Waals surface area contributed by atoms with Gasteiger partial charge in [-0.15, -0.1) is 0 Å². The van der Waals surface area contributed by atoms with Gasteiger partial charge in [0.2, 0.25) is 0 Å². The van der Waals surface area contributed by atoms with E-state index in [1.807, 2.05) is 0 Å². The summed E-state index contributed by atoms with van der Waals surface area (Å²) in [5, 5.41) is 0.